The van der Waals surface area contributed by atoms with Gasteiger partial charge in [0.2, 0.25) is 0 Å². The highest BCUT2D eigenvalue weighted by Crippen LogP contribution is 2.18. The lowest BCUT2D eigenvalue weighted by Crippen LogP contribution is -2.22. The number of hydrogen-bond donors (Lipinski definition) is 1. The Labute approximate surface area is 115 Å². The van der Waals surface area contributed by atoms with Crippen LogP contribution in [0, 0.1) is 0 Å². The van der Waals surface area contributed by atoms with E-state index in [1.807, 2.05) is 29.1 Å². The standard InChI is InChI=1S/C14H22N2O2Si/c1-19(2,3)8-7-18-11-16-14-12(9-15-16)5-4-6-13(14)10-17/h4-6,9,17H,7-8,10-11H2,1-3H3. The van der Waals surface area contributed by atoms with Crippen molar-refractivity contribution in [2.24, 2.45) is 0 Å². The zero-order valence-electron chi connectivity index (χ0n) is 11.9. The summed E-state index contributed by atoms with van der Waals surface area (Å²) in [6.45, 7) is 8.26. The van der Waals surface area contributed by atoms with Gasteiger partial charge >= 0.3 is 0 Å². The Hall–Kier alpha value is -1.17. The zero-order valence-corrected chi connectivity index (χ0v) is 12.9. The van der Waals surface area contributed by atoms with Crippen molar-refractivity contribution in [2.45, 2.75) is 39.0 Å². The van der Waals surface area contributed by atoms with Gasteiger partial charge in [0.05, 0.1) is 18.3 Å². The highest BCUT2D eigenvalue weighted by atomic mass is 28.3. The van der Waals surface area contributed by atoms with Crippen molar-refractivity contribution in [1.29, 1.82) is 0 Å². The van der Waals surface area contributed by atoms with Crippen molar-refractivity contribution in [2.75, 3.05) is 6.61 Å². The van der Waals surface area contributed by atoms with Gasteiger partial charge in [0.1, 0.15) is 6.73 Å². The molecule has 0 saturated carbocycles. The molecule has 2 rings (SSSR count). The number of aliphatic hydroxyl groups is 1. The summed E-state index contributed by atoms with van der Waals surface area (Å²) in [5, 5.41) is 14.8. The van der Waals surface area contributed by atoms with E-state index >= 15 is 0 Å². The predicted octanol–water partition coefficient (Wildman–Crippen LogP) is 2.84. The van der Waals surface area contributed by atoms with Crippen LogP contribution in [0.2, 0.25) is 25.7 Å². The van der Waals surface area contributed by atoms with Crippen LogP contribution in [0.15, 0.2) is 24.4 Å². The average molecular weight is 278 g/mol. The first kappa shape index (κ1) is 14.2. The number of aromatic nitrogens is 2. The molecule has 0 aliphatic carbocycles. The Morgan fingerprint density at radius 1 is 1.32 bits per heavy atom. The summed E-state index contributed by atoms with van der Waals surface area (Å²) in [6, 6.07) is 7.01. The largest absolute Gasteiger partial charge is 0.392 e. The molecule has 0 fully saturated rings. The predicted molar refractivity (Wildman–Crippen MR) is 79.8 cm³/mol. The first-order valence-electron chi connectivity index (χ1n) is 6.63. The van der Waals surface area contributed by atoms with Crippen molar-refractivity contribution < 1.29 is 9.84 Å². The number of rotatable bonds is 6. The summed E-state index contributed by atoms with van der Waals surface area (Å²) in [6.07, 6.45) is 1.82. The molecule has 104 valence electrons. The van der Waals surface area contributed by atoms with Crippen LogP contribution >= 0.6 is 0 Å². The van der Waals surface area contributed by atoms with Crippen LogP contribution in [0.25, 0.3) is 10.9 Å². The van der Waals surface area contributed by atoms with Gasteiger partial charge in [-0.3, -0.25) is 0 Å². The van der Waals surface area contributed by atoms with Gasteiger partial charge < -0.3 is 9.84 Å². The van der Waals surface area contributed by atoms with E-state index in [1.54, 1.807) is 0 Å². The molecule has 0 bridgehead atoms. The Morgan fingerprint density at radius 3 is 2.79 bits per heavy atom. The molecule has 0 radical (unpaired) electrons. The van der Waals surface area contributed by atoms with Gasteiger partial charge in [0, 0.05) is 25.6 Å². The number of benzene rings is 1. The Morgan fingerprint density at radius 2 is 2.11 bits per heavy atom. The maximum absolute atomic E-state index is 9.38. The lowest BCUT2D eigenvalue weighted by Gasteiger charge is -2.15. The second-order valence-electron chi connectivity index (χ2n) is 6.01. The second-order valence-corrected chi connectivity index (χ2v) is 11.6. The van der Waals surface area contributed by atoms with E-state index < -0.39 is 8.07 Å². The molecule has 0 spiro atoms. The highest BCUT2D eigenvalue weighted by molar-refractivity contribution is 6.76. The van der Waals surface area contributed by atoms with Crippen molar-refractivity contribution >= 4 is 19.0 Å². The Bertz CT molecular complexity index is 546. The maximum atomic E-state index is 9.38. The number of fused-ring (bicyclic) bond motifs is 1. The lowest BCUT2D eigenvalue weighted by molar-refractivity contribution is 0.0814. The lowest BCUT2D eigenvalue weighted by atomic mass is 10.1. The number of nitrogens with zero attached hydrogens (tertiary/aromatic N) is 2. The van der Waals surface area contributed by atoms with E-state index in [9.17, 15) is 5.11 Å². The first-order chi connectivity index (χ1) is 9.01. The van der Waals surface area contributed by atoms with Crippen LogP contribution in [0.4, 0.5) is 0 Å². The van der Waals surface area contributed by atoms with Gasteiger partial charge in [0.25, 0.3) is 0 Å². The van der Waals surface area contributed by atoms with E-state index in [2.05, 4.69) is 24.7 Å². The summed E-state index contributed by atoms with van der Waals surface area (Å²) in [4.78, 5) is 0. The monoisotopic (exact) mass is 278 g/mol. The molecule has 1 aromatic carbocycles. The fraction of sp³-hybridized carbons (Fsp3) is 0.500. The maximum Gasteiger partial charge on any atom is 0.140 e. The van der Waals surface area contributed by atoms with Gasteiger partial charge in [-0.2, -0.15) is 5.10 Å². The van der Waals surface area contributed by atoms with E-state index in [0.29, 0.717) is 6.73 Å². The molecule has 1 heterocycles. The molecular weight excluding hydrogens is 256 g/mol. The molecular formula is C14H22N2O2Si. The molecule has 0 unspecified atom stereocenters. The number of ether oxygens (including phenoxy) is 1. The molecule has 19 heavy (non-hydrogen) atoms. The summed E-state index contributed by atoms with van der Waals surface area (Å²) in [7, 11) is -1.05. The summed E-state index contributed by atoms with van der Waals surface area (Å²) in [5.74, 6) is 0. The third-order valence-corrected chi connectivity index (χ3v) is 4.83. The van der Waals surface area contributed by atoms with Crippen molar-refractivity contribution in [3.8, 4) is 0 Å². The molecule has 1 N–H and O–H groups in total. The van der Waals surface area contributed by atoms with Crippen molar-refractivity contribution in [3.63, 3.8) is 0 Å². The summed E-state index contributed by atoms with van der Waals surface area (Å²) >= 11 is 0. The fourth-order valence-electron chi connectivity index (χ4n) is 1.97. The van der Waals surface area contributed by atoms with Crippen LogP contribution in [0.3, 0.4) is 0 Å². The molecule has 2 aromatic rings. The van der Waals surface area contributed by atoms with Crippen molar-refractivity contribution in [1.82, 2.24) is 9.78 Å². The zero-order chi connectivity index (χ0) is 13.9. The minimum Gasteiger partial charge on any atom is -0.392 e. The third-order valence-electron chi connectivity index (χ3n) is 3.13. The van der Waals surface area contributed by atoms with Crippen LogP contribution in [0.5, 0.6) is 0 Å². The fourth-order valence-corrected chi connectivity index (χ4v) is 2.73. The minimum atomic E-state index is -1.05. The van der Waals surface area contributed by atoms with Crippen LogP contribution in [-0.2, 0) is 18.1 Å². The van der Waals surface area contributed by atoms with Gasteiger partial charge in [-0.15, -0.1) is 0 Å². The molecule has 0 aliphatic rings. The smallest absolute Gasteiger partial charge is 0.140 e. The summed E-state index contributed by atoms with van der Waals surface area (Å²) < 4.78 is 7.54. The number of aliphatic hydroxyl groups excluding tert-OH is 1. The van der Waals surface area contributed by atoms with E-state index in [-0.39, 0.29) is 6.61 Å². The molecule has 0 atom stereocenters. The topological polar surface area (TPSA) is 47.3 Å². The highest BCUT2D eigenvalue weighted by Gasteiger charge is 2.12. The van der Waals surface area contributed by atoms with Gasteiger partial charge in [-0.05, 0) is 6.04 Å². The van der Waals surface area contributed by atoms with Crippen LogP contribution in [0.1, 0.15) is 5.56 Å². The number of hydrogen-bond acceptors (Lipinski definition) is 3. The Kier molecular flexibility index (Phi) is 4.39. The number of para-hydroxylation sites is 1. The molecule has 0 amide bonds. The quantitative estimate of drug-likeness (QED) is 0.653. The van der Waals surface area contributed by atoms with Crippen LogP contribution < -0.4 is 0 Å². The second kappa shape index (κ2) is 5.86. The minimum absolute atomic E-state index is 0.0257. The SMILES string of the molecule is C[Si](C)(C)CCOCn1ncc2cccc(CO)c21. The first-order valence-corrected chi connectivity index (χ1v) is 10.3. The molecule has 4 nitrogen and oxygen atoms in total. The molecule has 5 heteroatoms. The van der Waals surface area contributed by atoms with Crippen molar-refractivity contribution in [3.05, 3.63) is 30.0 Å². The molecule has 1 aromatic heterocycles. The van der Waals surface area contributed by atoms with E-state index in [4.69, 9.17) is 4.74 Å². The van der Waals surface area contributed by atoms with E-state index in [1.165, 1.54) is 0 Å². The van der Waals surface area contributed by atoms with Gasteiger partial charge in [-0.1, -0.05) is 37.8 Å². The van der Waals surface area contributed by atoms with Crippen LogP contribution in [-0.4, -0.2) is 29.6 Å². The molecule has 0 aliphatic heterocycles. The third kappa shape index (κ3) is 3.65. The molecule has 0 saturated heterocycles. The summed E-state index contributed by atoms with van der Waals surface area (Å²) in [5.41, 5.74) is 1.86. The normalized spacial score (nSPS) is 12.2. The average Bonchev–Trinajstić information content (AvgIpc) is 2.77. The Balaban J connectivity index is 2.05. The van der Waals surface area contributed by atoms with Gasteiger partial charge in [0.15, 0.2) is 0 Å². The van der Waals surface area contributed by atoms with E-state index in [0.717, 1.165) is 29.1 Å². The van der Waals surface area contributed by atoms with Gasteiger partial charge in [-0.25, -0.2) is 4.68 Å².